The molecule has 0 radical (unpaired) electrons. The fourth-order valence-electron chi connectivity index (χ4n) is 2.74. The van der Waals surface area contributed by atoms with E-state index in [0.717, 1.165) is 24.2 Å². The Kier molecular flexibility index (Phi) is 3.24. The quantitative estimate of drug-likeness (QED) is 0.673. The minimum atomic E-state index is -0.337. The first-order valence-corrected chi connectivity index (χ1v) is 7.07. The van der Waals surface area contributed by atoms with Gasteiger partial charge in [0, 0.05) is 16.6 Å². The van der Waals surface area contributed by atoms with Gasteiger partial charge in [-0.2, -0.15) is 0 Å². The lowest BCUT2D eigenvalue weighted by molar-refractivity contribution is 0.0840. The van der Waals surface area contributed by atoms with Crippen molar-refractivity contribution in [1.29, 1.82) is 0 Å². The van der Waals surface area contributed by atoms with Crippen molar-refractivity contribution in [2.45, 2.75) is 59.9 Å². The Bertz CT molecular complexity index is 538. The van der Waals surface area contributed by atoms with Gasteiger partial charge < -0.3 is 4.57 Å². The summed E-state index contributed by atoms with van der Waals surface area (Å²) in [6.45, 7) is 12.6. The topological polar surface area (TPSA) is 22.0 Å². The van der Waals surface area contributed by atoms with E-state index in [9.17, 15) is 4.79 Å². The molecule has 1 aliphatic rings. The molecular weight excluding hydrogens is 234 g/mol. The number of hydrogen-bond acceptors (Lipinski definition) is 1. The Morgan fingerprint density at radius 3 is 2.47 bits per heavy atom. The molecule has 0 aromatic carbocycles. The van der Waals surface area contributed by atoms with E-state index in [0.29, 0.717) is 0 Å². The van der Waals surface area contributed by atoms with Crippen molar-refractivity contribution >= 4 is 11.9 Å². The first-order chi connectivity index (χ1) is 8.63. The predicted octanol–water partition coefficient (Wildman–Crippen LogP) is 4.65. The van der Waals surface area contributed by atoms with Crippen LogP contribution in [0.5, 0.6) is 0 Å². The fraction of sp³-hybridized carbons (Fsp3) is 0.588. The van der Waals surface area contributed by atoms with Crippen LogP contribution in [0.4, 0.5) is 0 Å². The Morgan fingerprint density at radius 2 is 1.89 bits per heavy atom. The molecule has 2 heteroatoms. The number of allylic oxidation sites excluding steroid dienone is 1. The number of fused-ring (bicyclic) bond motifs is 1. The molecule has 0 saturated heterocycles. The molecule has 2 nitrogen and oxygen atoms in total. The van der Waals surface area contributed by atoms with Crippen LogP contribution in [-0.2, 0) is 5.54 Å². The molecule has 0 spiro atoms. The second kappa shape index (κ2) is 4.36. The van der Waals surface area contributed by atoms with Crippen molar-refractivity contribution in [3.8, 4) is 0 Å². The third-order valence-electron chi connectivity index (χ3n) is 3.96. The molecule has 0 N–H and O–H groups in total. The smallest absolute Gasteiger partial charge is 0.184 e. The van der Waals surface area contributed by atoms with Crippen LogP contribution in [0.2, 0.25) is 0 Å². The Balaban J connectivity index is 2.60. The highest BCUT2D eigenvalue weighted by atomic mass is 16.1. The van der Waals surface area contributed by atoms with Gasteiger partial charge in [0.05, 0.1) is 5.69 Å². The van der Waals surface area contributed by atoms with Crippen LogP contribution in [0.15, 0.2) is 17.7 Å². The zero-order chi connectivity index (χ0) is 14.4. The molecule has 0 aliphatic carbocycles. The molecule has 0 unspecified atom stereocenters. The number of carbonyl (C=O) groups excluding carboxylic acids is 1. The van der Waals surface area contributed by atoms with Crippen molar-refractivity contribution in [3.05, 3.63) is 29.1 Å². The van der Waals surface area contributed by atoms with Crippen molar-refractivity contribution in [1.82, 2.24) is 4.57 Å². The summed E-state index contributed by atoms with van der Waals surface area (Å²) in [7, 11) is 0. The Hall–Kier alpha value is -1.31. The number of nitrogens with zero attached hydrogens (tertiary/aromatic N) is 1. The van der Waals surface area contributed by atoms with Crippen LogP contribution >= 0.6 is 0 Å². The molecule has 2 heterocycles. The maximum Gasteiger partial charge on any atom is 0.184 e. The van der Waals surface area contributed by atoms with Crippen LogP contribution in [0.1, 0.15) is 70.6 Å². The molecule has 1 aromatic rings. The van der Waals surface area contributed by atoms with Gasteiger partial charge in [0.25, 0.3) is 0 Å². The first kappa shape index (κ1) is 14.1. The molecular formula is C17H25NO. The van der Waals surface area contributed by atoms with Gasteiger partial charge in [-0.1, -0.05) is 26.3 Å². The average Bonchev–Trinajstić information content (AvgIpc) is 2.64. The van der Waals surface area contributed by atoms with E-state index < -0.39 is 0 Å². The summed E-state index contributed by atoms with van der Waals surface area (Å²) in [5.41, 5.74) is 3.05. The highest BCUT2D eigenvalue weighted by Crippen LogP contribution is 2.35. The largest absolute Gasteiger partial charge is 0.333 e. The van der Waals surface area contributed by atoms with E-state index in [-0.39, 0.29) is 16.7 Å². The molecule has 2 rings (SSSR count). The molecule has 19 heavy (non-hydrogen) atoms. The standard InChI is InChI=1S/C17H25NO/c1-12-9-10-17(5,6)18-13(11-12)7-8-14(18)15(19)16(2,3)4/h7-8,11H,9-10H2,1-6H3. The highest BCUT2D eigenvalue weighted by Gasteiger charge is 2.32. The van der Waals surface area contributed by atoms with Crippen molar-refractivity contribution in [2.24, 2.45) is 5.41 Å². The van der Waals surface area contributed by atoms with E-state index in [1.165, 1.54) is 5.57 Å². The Labute approximate surface area is 116 Å². The predicted molar refractivity (Wildman–Crippen MR) is 80.4 cm³/mol. The number of rotatable bonds is 1. The highest BCUT2D eigenvalue weighted by molar-refractivity contribution is 5.99. The normalized spacial score (nSPS) is 18.5. The summed E-state index contributed by atoms with van der Waals surface area (Å²) < 4.78 is 2.23. The minimum absolute atomic E-state index is 0.0106. The monoisotopic (exact) mass is 259 g/mol. The fourth-order valence-corrected chi connectivity index (χ4v) is 2.74. The van der Waals surface area contributed by atoms with Gasteiger partial charge in [0.2, 0.25) is 0 Å². The number of aromatic nitrogens is 1. The van der Waals surface area contributed by atoms with Crippen molar-refractivity contribution < 1.29 is 4.79 Å². The SMILES string of the molecule is CC1=Cc2ccc(C(=O)C(C)(C)C)n2C(C)(C)CC1. The summed E-state index contributed by atoms with van der Waals surface area (Å²) in [4.78, 5) is 12.6. The molecule has 0 amide bonds. The zero-order valence-corrected chi connectivity index (χ0v) is 13.0. The van der Waals surface area contributed by atoms with Crippen LogP contribution in [0.3, 0.4) is 0 Å². The van der Waals surface area contributed by atoms with Crippen molar-refractivity contribution in [3.63, 3.8) is 0 Å². The van der Waals surface area contributed by atoms with Gasteiger partial charge in [-0.15, -0.1) is 0 Å². The lowest BCUT2D eigenvalue weighted by Gasteiger charge is -2.31. The molecule has 0 saturated carbocycles. The lowest BCUT2D eigenvalue weighted by atomic mass is 9.88. The third-order valence-corrected chi connectivity index (χ3v) is 3.96. The van der Waals surface area contributed by atoms with Gasteiger partial charge in [0.15, 0.2) is 5.78 Å². The van der Waals surface area contributed by atoms with E-state index in [2.05, 4.69) is 37.5 Å². The van der Waals surface area contributed by atoms with Gasteiger partial charge in [-0.3, -0.25) is 4.79 Å². The summed E-state index contributed by atoms with van der Waals surface area (Å²) in [5.74, 6) is 0.222. The number of Topliss-reactive ketones (excluding diaryl/α,β-unsaturated/α-hetero) is 1. The molecule has 1 aliphatic heterocycles. The van der Waals surface area contributed by atoms with Crippen LogP contribution in [-0.4, -0.2) is 10.4 Å². The van der Waals surface area contributed by atoms with Gasteiger partial charge in [-0.05, 0) is 51.8 Å². The Morgan fingerprint density at radius 1 is 1.26 bits per heavy atom. The molecule has 104 valence electrons. The second-order valence-corrected chi connectivity index (χ2v) is 7.36. The molecule has 0 fully saturated rings. The average molecular weight is 259 g/mol. The number of ketones is 1. The number of hydrogen-bond donors (Lipinski definition) is 0. The first-order valence-electron chi connectivity index (χ1n) is 7.07. The molecule has 0 atom stereocenters. The van der Waals surface area contributed by atoms with E-state index >= 15 is 0 Å². The second-order valence-electron chi connectivity index (χ2n) is 7.36. The molecule has 1 aromatic heterocycles. The summed E-state index contributed by atoms with van der Waals surface area (Å²) in [6, 6.07) is 4.06. The van der Waals surface area contributed by atoms with Crippen LogP contribution < -0.4 is 0 Å². The van der Waals surface area contributed by atoms with Gasteiger partial charge in [0.1, 0.15) is 0 Å². The third kappa shape index (κ3) is 2.54. The maximum absolute atomic E-state index is 12.6. The summed E-state index contributed by atoms with van der Waals surface area (Å²) >= 11 is 0. The lowest BCUT2D eigenvalue weighted by Crippen LogP contribution is -2.32. The van der Waals surface area contributed by atoms with E-state index in [4.69, 9.17) is 0 Å². The minimum Gasteiger partial charge on any atom is -0.333 e. The molecule has 0 bridgehead atoms. The van der Waals surface area contributed by atoms with Gasteiger partial charge >= 0.3 is 0 Å². The van der Waals surface area contributed by atoms with E-state index in [1.54, 1.807) is 0 Å². The maximum atomic E-state index is 12.6. The van der Waals surface area contributed by atoms with E-state index in [1.807, 2.05) is 26.8 Å². The summed E-state index contributed by atoms with van der Waals surface area (Å²) in [5, 5.41) is 0. The van der Waals surface area contributed by atoms with Crippen molar-refractivity contribution in [2.75, 3.05) is 0 Å². The zero-order valence-electron chi connectivity index (χ0n) is 13.0. The van der Waals surface area contributed by atoms with Crippen LogP contribution in [0.25, 0.3) is 6.08 Å². The number of carbonyl (C=O) groups is 1. The van der Waals surface area contributed by atoms with Crippen LogP contribution in [0, 0.1) is 5.41 Å². The summed E-state index contributed by atoms with van der Waals surface area (Å²) in [6.07, 6.45) is 4.38. The van der Waals surface area contributed by atoms with Gasteiger partial charge in [-0.25, -0.2) is 0 Å².